The number of hydrogen-bond acceptors (Lipinski definition) is 6. The van der Waals surface area contributed by atoms with Crippen LogP contribution in [0, 0.1) is 11.3 Å². The first-order valence-corrected chi connectivity index (χ1v) is 11.1. The van der Waals surface area contributed by atoms with E-state index in [1.54, 1.807) is 33.8 Å². The highest BCUT2D eigenvalue weighted by Crippen LogP contribution is 2.24. The fourth-order valence-corrected chi connectivity index (χ4v) is 4.56. The van der Waals surface area contributed by atoms with Crippen LogP contribution in [0.2, 0.25) is 0 Å². The lowest BCUT2D eigenvalue weighted by Gasteiger charge is -2.22. The van der Waals surface area contributed by atoms with E-state index in [1.165, 1.54) is 6.33 Å². The molecule has 0 spiro atoms. The van der Waals surface area contributed by atoms with Gasteiger partial charge in [-0.1, -0.05) is 0 Å². The van der Waals surface area contributed by atoms with E-state index in [2.05, 4.69) is 30.5 Å². The summed E-state index contributed by atoms with van der Waals surface area (Å²) in [4.78, 5) is 11.6. The van der Waals surface area contributed by atoms with Gasteiger partial charge < -0.3 is 4.98 Å². The first-order valence-electron chi connectivity index (χ1n) is 9.26. The third-order valence-corrected chi connectivity index (χ3v) is 6.11. The van der Waals surface area contributed by atoms with Crippen molar-refractivity contribution in [3.8, 4) is 17.3 Å². The molecule has 0 aliphatic carbocycles. The maximum absolute atomic E-state index is 13.0. The lowest BCUT2D eigenvalue weighted by atomic mass is 10.2. The van der Waals surface area contributed by atoms with Gasteiger partial charge in [-0.05, 0) is 26.3 Å². The number of nitrogens with one attached hydrogen (secondary N) is 1. The average molecular weight is 413 g/mol. The SMILES string of the molecule is CC(C)N=S(C)(=O)N(/C=C/n1cc(-c2ncnc3[nH]ccc23)cn1)CCCC#N. The Morgan fingerprint density at radius 2 is 2.28 bits per heavy atom. The smallest absolute Gasteiger partial charge is 0.141 e. The van der Waals surface area contributed by atoms with E-state index in [9.17, 15) is 4.21 Å². The number of aromatic nitrogens is 5. The van der Waals surface area contributed by atoms with Crippen LogP contribution in [0.15, 0.2) is 41.5 Å². The molecule has 0 aromatic carbocycles. The Morgan fingerprint density at radius 1 is 1.45 bits per heavy atom. The number of nitriles is 1. The lowest BCUT2D eigenvalue weighted by Crippen LogP contribution is -2.26. The van der Waals surface area contributed by atoms with Crippen LogP contribution in [0.5, 0.6) is 0 Å². The predicted molar refractivity (Wildman–Crippen MR) is 114 cm³/mol. The summed E-state index contributed by atoms with van der Waals surface area (Å²) in [6.07, 6.45) is 13.0. The molecule has 1 atom stereocenters. The second-order valence-electron chi connectivity index (χ2n) is 6.83. The molecule has 0 radical (unpaired) electrons. The molecule has 152 valence electrons. The Hall–Kier alpha value is -3.19. The number of rotatable bonds is 8. The molecule has 0 fully saturated rings. The molecule has 3 aromatic heterocycles. The van der Waals surface area contributed by atoms with Crippen molar-refractivity contribution in [3.63, 3.8) is 0 Å². The topological polar surface area (TPSA) is 116 Å². The minimum Gasteiger partial charge on any atom is -0.346 e. The molecule has 0 saturated carbocycles. The van der Waals surface area contributed by atoms with Crippen LogP contribution in [-0.2, 0) is 9.92 Å². The summed E-state index contributed by atoms with van der Waals surface area (Å²) >= 11 is 0. The van der Waals surface area contributed by atoms with Gasteiger partial charge in [0.15, 0.2) is 0 Å². The van der Waals surface area contributed by atoms with E-state index in [-0.39, 0.29) is 6.04 Å². The van der Waals surface area contributed by atoms with Crippen molar-refractivity contribution in [2.45, 2.75) is 32.7 Å². The van der Waals surface area contributed by atoms with E-state index < -0.39 is 9.92 Å². The zero-order chi connectivity index (χ0) is 20.9. The number of H-pyrrole nitrogens is 1. The van der Waals surface area contributed by atoms with Crippen molar-refractivity contribution >= 4 is 27.1 Å². The molecule has 0 bridgehead atoms. The first-order chi connectivity index (χ1) is 13.9. The Balaban J connectivity index is 1.86. The molecule has 1 N–H and O–H groups in total. The predicted octanol–water partition coefficient (Wildman–Crippen LogP) is 3.28. The molecule has 3 rings (SSSR count). The fourth-order valence-electron chi connectivity index (χ4n) is 2.91. The minimum absolute atomic E-state index is 0.0582. The van der Waals surface area contributed by atoms with Crippen LogP contribution in [-0.4, -0.2) is 52.1 Å². The summed E-state index contributed by atoms with van der Waals surface area (Å²) in [6, 6.07) is 3.98. The van der Waals surface area contributed by atoms with E-state index in [0.717, 1.165) is 22.3 Å². The van der Waals surface area contributed by atoms with Crippen molar-refractivity contribution in [2.24, 2.45) is 4.36 Å². The van der Waals surface area contributed by atoms with Crippen molar-refractivity contribution in [1.82, 2.24) is 29.0 Å². The third kappa shape index (κ3) is 5.00. The van der Waals surface area contributed by atoms with Crippen LogP contribution in [0.3, 0.4) is 0 Å². The molecule has 0 amide bonds. The molecule has 3 heterocycles. The first kappa shape index (κ1) is 20.5. The Kier molecular flexibility index (Phi) is 6.29. The molecule has 29 heavy (non-hydrogen) atoms. The van der Waals surface area contributed by atoms with Gasteiger partial charge in [0, 0.05) is 55.0 Å². The normalized spacial score (nSPS) is 13.6. The van der Waals surface area contributed by atoms with Gasteiger partial charge >= 0.3 is 0 Å². The number of aromatic amines is 1. The van der Waals surface area contributed by atoms with Gasteiger partial charge in [0.25, 0.3) is 0 Å². The van der Waals surface area contributed by atoms with E-state index in [4.69, 9.17) is 5.26 Å². The highest BCUT2D eigenvalue weighted by Gasteiger charge is 2.12. The van der Waals surface area contributed by atoms with Gasteiger partial charge in [-0.15, -0.1) is 0 Å². The standard InChI is InChI=1S/C19H24N8OS/c1-15(2)25-29(3,28)27(9-5-4-7-20)11-10-26-13-16(12-24-26)18-17-6-8-21-19(17)23-14-22-18/h6,8,10-15H,4-5,9H2,1-3H3,(H,21,22,23)/b11-10+. The molecule has 3 aromatic rings. The number of hydrogen-bond donors (Lipinski definition) is 1. The summed E-state index contributed by atoms with van der Waals surface area (Å²) in [6.45, 7) is 4.26. The lowest BCUT2D eigenvalue weighted by molar-refractivity contribution is 0.540. The van der Waals surface area contributed by atoms with Gasteiger partial charge in [0.1, 0.15) is 21.9 Å². The monoisotopic (exact) mass is 412 g/mol. The van der Waals surface area contributed by atoms with Crippen molar-refractivity contribution in [1.29, 1.82) is 5.26 Å². The van der Waals surface area contributed by atoms with Crippen molar-refractivity contribution in [2.75, 3.05) is 12.8 Å². The third-order valence-electron chi connectivity index (χ3n) is 4.12. The number of fused-ring (bicyclic) bond motifs is 1. The molecule has 1 unspecified atom stereocenters. The number of unbranched alkanes of at least 4 members (excludes halogenated alkanes) is 1. The highest BCUT2D eigenvalue weighted by atomic mass is 32.2. The summed E-state index contributed by atoms with van der Waals surface area (Å²) in [5, 5.41) is 14.1. The second-order valence-corrected chi connectivity index (χ2v) is 9.04. The number of nitrogens with zero attached hydrogens (tertiary/aromatic N) is 7. The van der Waals surface area contributed by atoms with Gasteiger partial charge in [-0.3, -0.25) is 4.31 Å². The van der Waals surface area contributed by atoms with Gasteiger partial charge in [0.05, 0.1) is 24.0 Å². The van der Waals surface area contributed by atoms with Gasteiger partial charge in [-0.25, -0.2) is 23.2 Å². The quantitative estimate of drug-likeness (QED) is 0.570. The van der Waals surface area contributed by atoms with Crippen LogP contribution < -0.4 is 0 Å². The van der Waals surface area contributed by atoms with E-state index >= 15 is 0 Å². The highest BCUT2D eigenvalue weighted by molar-refractivity contribution is 7.90. The van der Waals surface area contributed by atoms with E-state index in [0.29, 0.717) is 19.4 Å². The van der Waals surface area contributed by atoms with Gasteiger partial charge in [-0.2, -0.15) is 10.4 Å². The van der Waals surface area contributed by atoms with Crippen LogP contribution >= 0.6 is 0 Å². The fraction of sp³-hybridized carbons (Fsp3) is 0.368. The van der Waals surface area contributed by atoms with Crippen LogP contribution in [0.1, 0.15) is 26.7 Å². The Morgan fingerprint density at radius 3 is 3.03 bits per heavy atom. The zero-order valence-electron chi connectivity index (χ0n) is 16.7. The molecular weight excluding hydrogens is 388 g/mol. The molecule has 10 heteroatoms. The van der Waals surface area contributed by atoms with Crippen molar-refractivity contribution in [3.05, 3.63) is 37.2 Å². The molecule has 0 aliphatic heterocycles. The van der Waals surface area contributed by atoms with Crippen molar-refractivity contribution < 1.29 is 4.21 Å². The Bertz CT molecular complexity index is 1160. The summed E-state index contributed by atoms with van der Waals surface area (Å²) < 4.78 is 20.7. The molecular formula is C19H24N8OS. The average Bonchev–Trinajstić information content (AvgIpc) is 3.32. The maximum Gasteiger partial charge on any atom is 0.141 e. The Labute approximate surface area is 170 Å². The summed E-state index contributed by atoms with van der Waals surface area (Å²) in [5.41, 5.74) is 2.40. The molecule has 0 saturated heterocycles. The zero-order valence-corrected chi connectivity index (χ0v) is 17.5. The molecule has 9 nitrogen and oxygen atoms in total. The van der Waals surface area contributed by atoms with Crippen LogP contribution in [0.25, 0.3) is 28.5 Å². The minimum atomic E-state index is -2.59. The summed E-state index contributed by atoms with van der Waals surface area (Å²) in [5.74, 6) is 0. The molecule has 0 aliphatic rings. The second kappa shape index (κ2) is 8.87. The van der Waals surface area contributed by atoms with Crippen LogP contribution in [0.4, 0.5) is 0 Å². The maximum atomic E-state index is 13.0. The van der Waals surface area contributed by atoms with Gasteiger partial charge in [0.2, 0.25) is 0 Å². The summed E-state index contributed by atoms with van der Waals surface area (Å²) in [7, 11) is -2.59. The largest absolute Gasteiger partial charge is 0.346 e. The van der Waals surface area contributed by atoms with E-state index in [1.807, 2.05) is 32.3 Å².